The fourth-order valence-electron chi connectivity index (χ4n) is 8.21. The van der Waals surface area contributed by atoms with Gasteiger partial charge in [-0.15, -0.1) is 0 Å². The van der Waals surface area contributed by atoms with Gasteiger partial charge < -0.3 is 4.42 Å². The lowest BCUT2D eigenvalue weighted by atomic mass is 9.72. The molecule has 0 N–H and O–H groups in total. The molecule has 0 aliphatic carbocycles. The van der Waals surface area contributed by atoms with Gasteiger partial charge in [-0.05, 0) is 81.8 Å². The normalized spacial score (nSPS) is 19.9. The quantitative estimate of drug-likeness (QED) is 0.187. The number of fused-ring (bicyclic) bond motifs is 6. The lowest BCUT2D eigenvalue weighted by Crippen LogP contribution is -2.27. The molecule has 242 valence electrons. The topological polar surface area (TPSA) is 25.5 Å². The maximum atomic E-state index is 6.51. The van der Waals surface area contributed by atoms with E-state index in [0.29, 0.717) is 11.8 Å². The summed E-state index contributed by atoms with van der Waals surface area (Å²) in [6.07, 6.45) is 0.959. The summed E-state index contributed by atoms with van der Waals surface area (Å²) in [7, 11) is 0. The lowest BCUT2D eigenvalue weighted by molar-refractivity contribution is 0.388. The van der Waals surface area contributed by atoms with Crippen LogP contribution >= 0.6 is 0 Å². The molecular weight excluding hydrogens is 607 g/mol. The molecule has 9 rings (SSSR count). The second-order valence-electron chi connectivity index (χ2n) is 14.1. The molecule has 0 amide bonds. The fourth-order valence-corrected chi connectivity index (χ4v) is 8.21. The van der Waals surface area contributed by atoms with Crippen LogP contribution in [0.3, 0.4) is 0 Å². The average molecular weight is 646 g/mol. The van der Waals surface area contributed by atoms with Gasteiger partial charge in [0.05, 0.1) is 11.4 Å². The number of allylic oxidation sites excluding steroid dienone is 1. The molecule has 2 heterocycles. The molecule has 1 aromatic heterocycles. The van der Waals surface area contributed by atoms with E-state index in [-0.39, 0.29) is 5.92 Å². The predicted molar refractivity (Wildman–Crippen MR) is 212 cm³/mol. The van der Waals surface area contributed by atoms with E-state index in [1.165, 1.54) is 44.0 Å². The molecular formula is C48H39NO. The Kier molecular flexibility index (Phi) is 7.47. The molecule has 2 heteroatoms. The van der Waals surface area contributed by atoms with Crippen molar-refractivity contribution in [3.05, 3.63) is 174 Å². The highest BCUT2D eigenvalue weighted by atomic mass is 16.3. The highest BCUT2D eigenvalue weighted by Crippen LogP contribution is 2.44. The van der Waals surface area contributed by atoms with E-state index in [9.17, 15) is 0 Å². The molecule has 2 nitrogen and oxygen atoms in total. The van der Waals surface area contributed by atoms with Crippen molar-refractivity contribution in [2.45, 2.75) is 33.1 Å². The SMILES string of the molecule is C/C1=C(/c2ccc(-c3ccc4ccccc4c3)cc2)N=C(c2cc3c4ccccc4oc3c3ccccc23)C(C)C(C)C(c2ccccc2)C1. The molecule has 0 bridgehead atoms. The predicted octanol–water partition coefficient (Wildman–Crippen LogP) is 13.2. The third kappa shape index (κ3) is 5.15. The van der Waals surface area contributed by atoms with Gasteiger partial charge in [-0.3, -0.25) is 4.99 Å². The van der Waals surface area contributed by atoms with Crippen molar-refractivity contribution in [1.29, 1.82) is 0 Å². The molecule has 8 aromatic rings. The highest BCUT2D eigenvalue weighted by Gasteiger charge is 2.32. The van der Waals surface area contributed by atoms with Crippen molar-refractivity contribution in [2.24, 2.45) is 16.8 Å². The molecule has 0 spiro atoms. The van der Waals surface area contributed by atoms with Crippen LogP contribution in [0.1, 0.15) is 49.8 Å². The lowest BCUT2D eigenvalue weighted by Gasteiger charge is -2.34. The molecule has 0 radical (unpaired) electrons. The van der Waals surface area contributed by atoms with Crippen LogP contribution in [0.5, 0.6) is 0 Å². The zero-order valence-electron chi connectivity index (χ0n) is 28.7. The minimum atomic E-state index is 0.194. The van der Waals surface area contributed by atoms with Crippen molar-refractivity contribution in [3.8, 4) is 11.1 Å². The Balaban J connectivity index is 1.24. The van der Waals surface area contributed by atoms with E-state index in [2.05, 4.69) is 166 Å². The first-order valence-electron chi connectivity index (χ1n) is 17.8. The van der Waals surface area contributed by atoms with Crippen molar-refractivity contribution in [2.75, 3.05) is 0 Å². The molecule has 0 saturated carbocycles. The number of nitrogens with zero attached hydrogens (tertiary/aromatic N) is 1. The highest BCUT2D eigenvalue weighted by molar-refractivity contribution is 6.23. The first kappa shape index (κ1) is 30.3. The van der Waals surface area contributed by atoms with Crippen molar-refractivity contribution in [3.63, 3.8) is 0 Å². The van der Waals surface area contributed by atoms with Crippen LogP contribution in [0.2, 0.25) is 0 Å². The number of hydrogen-bond acceptors (Lipinski definition) is 2. The second kappa shape index (κ2) is 12.3. The number of rotatable bonds is 4. The van der Waals surface area contributed by atoms with Gasteiger partial charge in [-0.1, -0.05) is 147 Å². The number of hydrogen-bond donors (Lipinski definition) is 0. The zero-order valence-corrected chi connectivity index (χ0v) is 28.7. The largest absolute Gasteiger partial charge is 0.455 e. The maximum Gasteiger partial charge on any atom is 0.143 e. The van der Waals surface area contributed by atoms with Crippen molar-refractivity contribution < 1.29 is 4.42 Å². The van der Waals surface area contributed by atoms with Crippen LogP contribution in [-0.4, -0.2) is 5.71 Å². The molecule has 3 atom stereocenters. The van der Waals surface area contributed by atoms with Crippen molar-refractivity contribution >= 4 is 54.9 Å². The van der Waals surface area contributed by atoms with Gasteiger partial charge in [0.15, 0.2) is 0 Å². The van der Waals surface area contributed by atoms with Gasteiger partial charge in [-0.25, -0.2) is 0 Å². The van der Waals surface area contributed by atoms with Crippen LogP contribution < -0.4 is 0 Å². The van der Waals surface area contributed by atoms with Gasteiger partial charge in [0.2, 0.25) is 0 Å². The van der Waals surface area contributed by atoms with E-state index < -0.39 is 0 Å². The van der Waals surface area contributed by atoms with Gasteiger partial charge in [0, 0.05) is 33.2 Å². The second-order valence-corrected chi connectivity index (χ2v) is 14.1. The van der Waals surface area contributed by atoms with Crippen molar-refractivity contribution in [1.82, 2.24) is 0 Å². The van der Waals surface area contributed by atoms with E-state index in [1.54, 1.807) is 0 Å². The minimum absolute atomic E-state index is 0.194. The van der Waals surface area contributed by atoms with Gasteiger partial charge in [-0.2, -0.15) is 0 Å². The summed E-state index contributed by atoms with van der Waals surface area (Å²) in [5.74, 6) is 0.908. The Labute approximate surface area is 293 Å². The zero-order chi connectivity index (χ0) is 33.8. The van der Waals surface area contributed by atoms with Gasteiger partial charge in [0.1, 0.15) is 11.2 Å². The van der Waals surface area contributed by atoms with E-state index in [4.69, 9.17) is 9.41 Å². The fraction of sp³-hybridized carbons (Fsp3) is 0.146. The molecule has 1 aliphatic rings. The molecule has 1 aliphatic heterocycles. The van der Waals surface area contributed by atoms with Crippen LogP contribution in [-0.2, 0) is 0 Å². The van der Waals surface area contributed by atoms with Crippen LogP contribution in [0.4, 0.5) is 0 Å². The molecule has 7 aromatic carbocycles. The number of furan rings is 1. The Morgan fingerprint density at radius 2 is 1.20 bits per heavy atom. The van der Waals surface area contributed by atoms with E-state index >= 15 is 0 Å². The summed E-state index contributed by atoms with van der Waals surface area (Å²) in [6.45, 7) is 7.09. The summed E-state index contributed by atoms with van der Waals surface area (Å²) in [6, 6.07) is 54.8. The van der Waals surface area contributed by atoms with E-state index in [1.807, 2.05) is 6.07 Å². The standard InChI is InChI=1S/C48H39NO/c1-30-27-42(35-14-5-4-6-15-35)31(2)32(3)47(43-29-44-40-18-11-12-20-45(40)50-48(44)41-19-10-9-17-39(41)43)49-46(30)36-24-21-34(22-25-36)38-26-23-33-13-7-8-16-37(33)28-38/h4-26,28-29,31-32,42H,27H2,1-3H3/b46-30+,49-47?. The maximum absolute atomic E-state index is 6.51. The number of aliphatic imine (C=N–C) groups is 1. The van der Waals surface area contributed by atoms with Gasteiger partial charge >= 0.3 is 0 Å². The molecule has 3 unspecified atom stereocenters. The summed E-state index contributed by atoms with van der Waals surface area (Å²) >= 11 is 0. The third-order valence-electron chi connectivity index (χ3n) is 11.1. The smallest absolute Gasteiger partial charge is 0.143 e. The Bertz CT molecular complexity index is 2600. The third-order valence-corrected chi connectivity index (χ3v) is 11.1. The van der Waals surface area contributed by atoms with Crippen LogP contribution in [0, 0.1) is 11.8 Å². The Hall–Kier alpha value is -5.73. The summed E-state index contributed by atoms with van der Waals surface area (Å²) < 4.78 is 6.51. The first-order chi connectivity index (χ1) is 24.5. The summed E-state index contributed by atoms with van der Waals surface area (Å²) in [5, 5.41) is 7.10. The Morgan fingerprint density at radius 1 is 0.560 bits per heavy atom. The van der Waals surface area contributed by atoms with Gasteiger partial charge in [0.25, 0.3) is 0 Å². The molecule has 0 saturated heterocycles. The molecule has 50 heavy (non-hydrogen) atoms. The Morgan fingerprint density at radius 3 is 2.00 bits per heavy atom. The number of benzene rings is 7. The number of para-hydroxylation sites is 1. The van der Waals surface area contributed by atoms with Crippen LogP contribution in [0.15, 0.2) is 167 Å². The summed E-state index contributed by atoms with van der Waals surface area (Å²) in [4.78, 5) is 5.75. The molecule has 0 fully saturated rings. The average Bonchev–Trinajstić information content (AvgIpc) is 3.55. The monoisotopic (exact) mass is 645 g/mol. The van der Waals surface area contributed by atoms with E-state index in [0.717, 1.165) is 50.7 Å². The van der Waals surface area contributed by atoms with Crippen LogP contribution in [0.25, 0.3) is 60.3 Å². The first-order valence-corrected chi connectivity index (χ1v) is 17.8. The summed E-state index contributed by atoms with van der Waals surface area (Å²) in [5.41, 5.74) is 11.5. The minimum Gasteiger partial charge on any atom is -0.455 e.